The van der Waals surface area contributed by atoms with Crippen molar-refractivity contribution >= 4 is 5.91 Å². The van der Waals surface area contributed by atoms with Gasteiger partial charge in [0.15, 0.2) is 11.5 Å². The second-order valence-electron chi connectivity index (χ2n) is 5.98. The van der Waals surface area contributed by atoms with Crippen LogP contribution < -0.4 is 14.8 Å². The topological polar surface area (TPSA) is 47.6 Å². The molecule has 0 unspecified atom stereocenters. The molecule has 0 aliphatic heterocycles. The molecule has 0 radical (unpaired) electrons. The predicted molar refractivity (Wildman–Crippen MR) is 100 cm³/mol. The molecular formula is C21H27NO3. The van der Waals surface area contributed by atoms with Gasteiger partial charge in [0.1, 0.15) is 0 Å². The van der Waals surface area contributed by atoms with E-state index in [4.69, 9.17) is 9.47 Å². The van der Waals surface area contributed by atoms with Gasteiger partial charge in [-0.2, -0.15) is 0 Å². The summed E-state index contributed by atoms with van der Waals surface area (Å²) in [6.45, 7) is 2.70. The lowest BCUT2D eigenvalue weighted by Gasteiger charge is -2.17. The Bertz CT molecular complexity index is 670. The van der Waals surface area contributed by atoms with Gasteiger partial charge in [-0.25, -0.2) is 0 Å². The number of carbonyl (C=O) groups excluding carboxylic acids is 1. The molecule has 0 aromatic heterocycles. The van der Waals surface area contributed by atoms with Crippen molar-refractivity contribution in [3.8, 4) is 11.5 Å². The summed E-state index contributed by atoms with van der Waals surface area (Å²) in [4.78, 5) is 12.6. The third-order valence-electron chi connectivity index (χ3n) is 4.26. The van der Waals surface area contributed by atoms with Crippen molar-refractivity contribution in [2.45, 2.75) is 32.1 Å². The van der Waals surface area contributed by atoms with Crippen LogP contribution in [0.15, 0.2) is 48.5 Å². The Morgan fingerprint density at radius 1 is 1.04 bits per heavy atom. The maximum absolute atomic E-state index is 12.6. The van der Waals surface area contributed by atoms with Gasteiger partial charge >= 0.3 is 0 Å². The summed E-state index contributed by atoms with van der Waals surface area (Å²) >= 11 is 0. The second-order valence-corrected chi connectivity index (χ2v) is 5.98. The summed E-state index contributed by atoms with van der Waals surface area (Å²) in [7, 11) is 3.24. The van der Waals surface area contributed by atoms with Crippen LogP contribution in [0.5, 0.6) is 11.5 Å². The van der Waals surface area contributed by atoms with Crippen molar-refractivity contribution in [1.82, 2.24) is 5.32 Å². The number of benzene rings is 2. The molecular weight excluding hydrogens is 314 g/mol. The Morgan fingerprint density at radius 3 is 2.40 bits per heavy atom. The minimum Gasteiger partial charge on any atom is -0.493 e. The maximum atomic E-state index is 12.6. The van der Waals surface area contributed by atoms with Gasteiger partial charge in [0.05, 0.1) is 20.1 Å². The number of hydrogen-bond donors (Lipinski definition) is 1. The molecule has 0 saturated carbocycles. The van der Waals surface area contributed by atoms with Crippen LogP contribution in [-0.2, 0) is 11.2 Å². The van der Waals surface area contributed by atoms with Gasteiger partial charge in [-0.3, -0.25) is 4.79 Å². The SMILES string of the molecule is CCC[C@@H](C(=O)NCCc1ccc(OC)c(OC)c1)c1ccccc1. The van der Waals surface area contributed by atoms with E-state index in [9.17, 15) is 4.79 Å². The van der Waals surface area contributed by atoms with Crippen LogP contribution in [0.2, 0.25) is 0 Å². The minimum absolute atomic E-state index is 0.0865. The van der Waals surface area contributed by atoms with Crippen molar-refractivity contribution in [1.29, 1.82) is 0 Å². The Labute approximate surface area is 150 Å². The van der Waals surface area contributed by atoms with Gasteiger partial charge in [0.2, 0.25) is 5.91 Å². The van der Waals surface area contributed by atoms with E-state index in [1.165, 1.54) is 0 Å². The highest BCUT2D eigenvalue weighted by Crippen LogP contribution is 2.27. The van der Waals surface area contributed by atoms with Gasteiger partial charge < -0.3 is 14.8 Å². The third-order valence-corrected chi connectivity index (χ3v) is 4.26. The number of carbonyl (C=O) groups is 1. The van der Waals surface area contributed by atoms with E-state index in [1.54, 1.807) is 14.2 Å². The molecule has 0 aliphatic carbocycles. The van der Waals surface area contributed by atoms with E-state index in [-0.39, 0.29) is 11.8 Å². The van der Waals surface area contributed by atoms with Crippen LogP contribution in [0.4, 0.5) is 0 Å². The lowest BCUT2D eigenvalue weighted by atomic mass is 9.93. The molecule has 1 N–H and O–H groups in total. The summed E-state index contributed by atoms with van der Waals surface area (Å²) < 4.78 is 10.6. The molecule has 2 rings (SSSR count). The van der Waals surface area contributed by atoms with Crippen LogP contribution in [0.3, 0.4) is 0 Å². The number of amides is 1. The normalized spacial score (nSPS) is 11.6. The molecule has 2 aromatic carbocycles. The van der Waals surface area contributed by atoms with E-state index in [0.717, 1.165) is 30.4 Å². The van der Waals surface area contributed by atoms with Crippen LogP contribution in [-0.4, -0.2) is 26.7 Å². The van der Waals surface area contributed by atoms with E-state index in [1.807, 2.05) is 48.5 Å². The summed E-state index contributed by atoms with van der Waals surface area (Å²) in [5.41, 5.74) is 2.18. The number of methoxy groups -OCH3 is 2. The van der Waals surface area contributed by atoms with Crippen molar-refractivity contribution in [2.24, 2.45) is 0 Å². The largest absolute Gasteiger partial charge is 0.493 e. The fraction of sp³-hybridized carbons (Fsp3) is 0.381. The molecule has 134 valence electrons. The molecule has 0 heterocycles. The summed E-state index contributed by atoms with van der Waals surface area (Å²) in [6, 6.07) is 15.8. The monoisotopic (exact) mass is 341 g/mol. The van der Waals surface area contributed by atoms with Crippen molar-refractivity contribution in [3.63, 3.8) is 0 Å². The zero-order valence-electron chi connectivity index (χ0n) is 15.2. The summed E-state index contributed by atoms with van der Waals surface area (Å²) in [5.74, 6) is 1.42. The van der Waals surface area contributed by atoms with Crippen LogP contribution >= 0.6 is 0 Å². The molecule has 4 heteroatoms. The Balaban J connectivity index is 1.94. The number of rotatable bonds is 9. The molecule has 0 aliphatic rings. The van der Waals surface area contributed by atoms with Gasteiger partial charge in [-0.15, -0.1) is 0 Å². The van der Waals surface area contributed by atoms with Gasteiger partial charge in [0, 0.05) is 6.54 Å². The fourth-order valence-electron chi connectivity index (χ4n) is 2.91. The minimum atomic E-state index is -0.0865. The Hall–Kier alpha value is -2.49. The highest BCUT2D eigenvalue weighted by Gasteiger charge is 2.19. The highest BCUT2D eigenvalue weighted by atomic mass is 16.5. The first-order valence-electron chi connectivity index (χ1n) is 8.73. The zero-order valence-corrected chi connectivity index (χ0v) is 15.2. The van der Waals surface area contributed by atoms with Crippen molar-refractivity contribution in [3.05, 3.63) is 59.7 Å². The smallest absolute Gasteiger partial charge is 0.227 e. The summed E-state index contributed by atoms with van der Waals surface area (Å²) in [6.07, 6.45) is 2.58. The van der Waals surface area contributed by atoms with E-state index < -0.39 is 0 Å². The van der Waals surface area contributed by atoms with Gasteiger partial charge in [-0.1, -0.05) is 49.7 Å². The zero-order chi connectivity index (χ0) is 18.1. The van der Waals surface area contributed by atoms with Gasteiger partial charge in [0.25, 0.3) is 0 Å². The molecule has 25 heavy (non-hydrogen) atoms. The van der Waals surface area contributed by atoms with Crippen LogP contribution in [0, 0.1) is 0 Å². The van der Waals surface area contributed by atoms with E-state index >= 15 is 0 Å². The molecule has 1 amide bonds. The van der Waals surface area contributed by atoms with Crippen LogP contribution in [0.25, 0.3) is 0 Å². The maximum Gasteiger partial charge on any atom is 0.227 e. The molecule has 0 saturated heterocycles. The first-order chi connectivity index (χ1) is 12.2. The lowest BCUT2D eigenvalue weighted by Crippen LogP contribution is -2.31. The Morgan fingerprint density at radius 2 is 1.76 bits per heavy atom. The third kappa shape index (κ3) is 5.24. The van der Waals surface area contributed by atoms with E-state index in [0.29, 0.717) is 18.0 Å². The first kappa shape index (κ1) is 18.8. The van der Waals surface area contributed by atoms with E-state index in [2.05, 4.69) is 12.2 Å². The molecule has 0 spiro atoms. The standard InChI is InChI=1S/C21H27NO3/c1-4-8-18(17-9-6-5-7-10-17)21(23)22-14-13-16-11-12-19(24-2)20(15-16)25-3/h5-7,9-12,15,18H,4,8,13-14H2,1-3H3,(H,22,23)/t18-/m1/s1. The lowest BCUT2D eigenvalue weighted by molar-refractivity contribution is -0.122. The van der Waals surface area contributed by atoms with Gasteiger partial charge in [-0.05, 0) is 36.1 Å². The number of ether oxygens (including phenoxy) is 2. The van der Waals surface area contributed by atoms with Crippen molar-refractivity contribution in [2.75, 3.05) is 20.8 Å². The highest BCUT2D eigenvalue weighted by molar-refractivity contribution is 5.83. The molecule has 2 aromatic rings. The number of hydrogen-bond acceptors (Lipinski definition) is 3. The Kier molecular flexibility index (Phi) is 7.33. The molecule has 1 atom stereocenters. The average molecular weight is 341 g/mol. The van der Waals surface area contributed by atoms with Crippen LogP contribution in [0.1, 0.15) is 36.8 Å². The number of nitrogens with one attached hydrogen (secondary N) is 1. The fourth-order valence-corrected chi connectivity index (χ4v) is 2.91. The molecule has 0 bridgehead atoms. The first-order valence-corrected chi connectivity index (χ1v) is 8.73. The summed E-state index contributed by atoms with van der Waals surface area (Å²) in [5, 5.41) is 3.07. The average Bonchev–Trinajstić information content (AvgIpc) is 2.66. The quantitative estimate of drug-likeness (QED) is 0.751. The molecule has 0 fully saturated rings. The second kappa shape index (κ2) is 9.72. The van der Waals surface area contributed by atoms with Crippen molar-refractivity contribution < 1.29 is 14.3 Å². The predicted octanol–water partition coefficient (Wildman–Crippen LogP) is 3.95. The molecule has 4 nitrogen and oxygen atoms in total.